The van der Waals surface area contributed by atoms with E-state index in [1.54, 1.807) is 0 Å². The molecule has 0 bridgehead atoms. The molecular weight excluding hydrogens is 336 g/mol. The molecule has 0 N–H and O–H groups in total. The molecule has 0 fully saturated rings. The summed E-state index contributed by atoms with van der Waals surface area (Å²) in [6, 6.07) is 3.98. The molecule has 0 saturated heterocycles. The van der Waals surface area contributed by atoms with Crippen LogP contribution in [0, 0.1) is 13.8 Å². The fourth-order valence-corrected chi connectivity index (χ4v) is 2.58. The zero-order chi connectivity index (χ0) is 20.6. The Hall–Kier alpha value is -1.88. The first-order valence-electron chi connectivity index (χ1n) is 9.54. The monoisotopic (exact) mass is 370 g/mol. The molecule has 0 aliphatic rings. The summed E-state index contributed by atoms with van der Waals surface area (Å²) in [7, 11) is 0. The van der Waals surface area contributed by atoms with Crippen LogP contribution in [0.4, 0.5) is 0 Å². The Morgan fingerprint density at radius 1 is 0.704 bits per heavy atom. The van der Waals surface area contributed by atoms with E-state index in [2.05, 4.69) is 51.5 Å². The second-order valence-corrected chi connectivity index (χ2v) is 9.84. The quantitative estimate of drug-likeness (QED) is 0.763. The van der Waals surface area contributed by atoms with Gasteiger partial charge in [-0.25, -0.2) is 19.9 Å². The van der Waals surface area contributed by atoms with Gasteiger partial charge in [0.1, 0.15) is 17.2 Å². The average molecular weight is 371 g/mol. The van der Waals surface area contributed by atoms with E-state index in [4.69, 9.17) is 14.7 Å². The van der Waals surface area contributed by atoms with Gasteiger partial charge in [0.05, 0.1) is 18.0 Å². The van der Waals surface area contributed by atoms with Gasteiger partial charge >= 0.3 is 0 Å². The maximum atomic E-state index is 6.27. The highest BCUT2D eigenvalue weighted by atomic mass is 16.5. The summed E-state index contributed by atoms with van der Waals surface area (Å²) < 4.78 is 6.27. The molecule has 5 nitrogen and oxygen atoms in total. The van der Waals surface area contributed by atoms with Crippen LogP contribution in [0.3, 0.4) is 0 Å². The maximum absolute atomic E-state index is 6.27. The number of ether oxygens (including phenoxy) is 1. The number of hydrogen-bond acceptors (Lipinski definition) is 5. The Morgan fingerprint density at radius 3 is 1.70 bits per heavy atom. The third-order valence-corrected chi connectivity index (χ3v) is 4.30. The molecular formula is C22H34N4O. The molecule has 2 heterocycles. The van der Waals surface area contributed by atoms with Crippen LogP contribution < -0.4 is 0 Å². The zero-order valence-corrected chi connectivity index (χ0v) is 18.6. The highest BCUT2D eigenvalue weighted by Gasteiger charge is 2.27. The summed E-state index contributed by atoms with van der Waals surface area (Å²) in [5.74, 6) is 1.67. The van der Waals surface area contributed by atoms with E-state index in [1.807, 2.05) is 39.8 Å². The van der Waals surface area contributed by atoms with Gasteiger partial charge in [-0.05, 0) is 39.8 Å². The van der Waals surface area contributed by atoms with Gasteiger partial charge in [0, 0.05) is 22.2 Å². The van der Waals surface area contributed by atoms with Crippen LogP contribution in [0.25, 0.3) is 0 Å². The summed E-state index contributed by atoms with van der Waals surface area (Å²) >= 11 is 0. The van der Waals surface area contributed by atoms with Gasteiger partial charge < -0.3 is 4.74 Å². The van der Waals surface area contributed by atoms with Crippen LogP contribution in [-0.2, 0) is 27.8 Å². The van der Waals surface area contributed by atoms with Crippen LogP contribution >= 0.6 is 0 Å². The number of aromatic nitrogens is 4. The molecule has 0 saturated carbocycles. The largest absolute Gasteiger partial charge is 0.363 e. The Bertz CT molecular complexity index is 814. The minimum Gasteiger partial charge on any atom is -0.363 e. The molecule has 0 aliphatic carbocycles. The Kier molecular flexibility index (Phi) is 5.77. The van der Waals surface area contributed by atoms with E-state index in [0.29, 0.717) is 6.61 Å². The number of hydrogen-bond donors (Lipinski definition) is 0. The molecule has 27 heavy (non-hydrogen) atoms. The van der Waals surface area contributed by atoms with Crippen molar-refractivity contribution < 1.29 is 4.74 Å². The highest BCUT2D eigenvalue weighted by Crippen LogP contribution is 2.28. The molecule has 0 radical (unpaired) electrons. The Labute approximate surface area is 164 Å². The van der Waals surface area contributed by atoms with Gasteiger partial charge in [-0.3, -0.25) is 0 Å². The zero-order valence-electron chi connectivity index (χ0n) is 18.6. The third-order valence-electron chi connectivity index (χ3n) is 4.30. The number of rotatable bonds is 4. The SMILES string of the molecule is Cc1cc(COC(C)(C)c2cc(C)nc(C(C)(C)C)n2)nc(C(C)(C)C)n1. The molecule has 0 spiro atoms. The molecule has 2 rings (SSSR count). The molecule has 0 aliphatic heterocycles. The maximum Gasteiger partial charge on any atom is 0.134 e. The fourth-order valence-electron chi connectivity index (χ4n) is 2.58. The second kappa shape index (κ2) is 7.27. The highest BCUT2D eigenvalue weighted by molar-refractivity contribution is 5.19. The lowest BCUT2D eigenvalue weighted by molar-refractivity contribution is -0.0387. The van der Waals surface area contributed by atoms with Crippen LogP contribution in [0.2, 0.25) is 0 Å². The summed E-state index contributed by atoms with van der Waals surface area (Å²) in [5.41, 5.74) is 2.94. The smallest absolute Gasteiger partial charge is 0.134 e. The van der Waals surface area contributed by atoms with E-state index in [1.165, 1.54) is 0 Å². The molecule has 0 atom stereocenters. The van der Waals surface area contributed by atoms with Crippen molar-refractivity contribution in [2.45, 2.75) is 92.3 Å². The molecule has 0 amide bonds. The standard InChI is InChI=1S/C22H34N4O/c1-14-11-16(25-18(23-14)20(3,4)5)13-27-22(9,10)17-12-15(2)24-19(26-17)21(6,7)8/h11-12H,13H2,1-10H3. The lowest BCUT2D eigenvalue weighted by Crippen LogP contribution is -2.27. The Balaban J connectivity index is 2.28. The van der Waals surface area contributed by atoms with Crippen LogP contribution in [-0.4, -0.2) is 19.9 Å². The molecule has 2 aromatic rings. The summed E-state index contributed by atoms with van der Waals surface area (Å²) in [6.45, 7) is 21.2. The third kappa shape index (κ3) is 5.55. The van der Waals surface area contributed by atoms with Gasteiger partial charge in [0.15, 0.2) is 0 Å². The second-order valence-electron chi connectivity index (χ2n) is 9.84. The number of nitrogens with zero attached hydrogens (tertiary/aromatic N) is 4. The minimum atomic E-state index is -0.547. The van der Waals surface area contributed by atoms with Crippen molar-refractivity contribution in [3.8, 4) is 0 Å². The van der Waals surface area contributed by atoms with Gasteiger partial charge in [-0.1, -0.05) is 41.5 Å². The summed E-state index contributed by atoms with van der Waals surface area (Å²) in [5, 5.41) is 0. The molecule has 0 aromatic carbocycles. The van der Waals surface area contributed by atoms with Gasteiger partial charge in [0.25, 0.3) is 0 Å². The van der Waals surface area contributed by atoms with E-state index < -0.39 is 5.60 Å². The van der Waals surface area contributed by atoms with Crippen LogP contribution in [0.15, 0.2) is 12.1 Å². The first-order valence-corrected chi connectivity index (χ1v) is 9.54. The van der Waals surface area contributed by atoms with Crippen LogP contribution in [0.1, 0.15) is 89.8 Å². The predicted octanol–water partition coefficient (Wildman–Crippen LogP) is 4.93. The lowest BCUT2D eigenvalue weighted by atomic mass is 9.94. The van der Waals surface area contributed by atoms with E-state index in [9.17, 15) is 0 Å². The summed E-state index contributed by atoms with van der Waals surface area (Å²) in [4.78, 5) is 18.7. The van der Waals surface area contributed by atoms with E-state index in [0.717, 1.165) is 34.4 Å². The van der Waals surface area contributed by atoms with Crippen molar-refractivity contribution in [3.63, 3.8) is 0 Å². The fraction of sp³-hybridized carbons (Fsp3) is 0.636. The normalized spacial score (nSPS) is 13.1. The van der Waals surface area contributed by atoms with Crippen molar-refractivity contribution in [1.82, 2.24) is 19.9 Å². The average Bonchev–Trinajstić information content (AvgIpc) is 2.50. The molecule has 5 heteroatoms. The van der Waals surface area contributed by atoms with Crippen molar-refractivity contribution in [3.05, 3.63) is 46.6 Å². The predicted molar refractivity (Wildman–Crippen MR) is 109 cm³/mol. The van der Waals surface area contributed by atoms with Gasteiger partial charge in [-0.15, -0.1) is 0 Å². The van der Waals surface area contributed by atoms with Gasteiger partial charge in [0.2, 0.25) is 0 Å². The first kappa shape index (κ1) is 21.4. The van der Waals surface area contributed by atoms with Crippen molar-refractivity contribution in [2.24, 2.45) is 0 Å². The van der Waals surface area contributed by atoms with Gasteiger partial charge in [-0.2, -0.15) is 0 Å². The van der Waals surface area contributed by atoms with Crippen molar-refractivity contribution in [1.29, 1.82) is 0 Å². The Morgan fingerprint density at radius 2 is 1.19 bits per heavy atom. The van der Waals surface area contributed by atoms with Crippen LogP contribution in [0.5, 0.6) is 0 Å². The molecule has 2 aromatic heterocycles. The van der Waals surface area contributed by atoms with E-state index in [-0.39, 0.29) is 10.8 Å². The lowest BCUT2D eigenvalue weighted by Gasteiger charge is -2.27. The first-order chi connectivity index (χ1) is 12.2. The topological polar surface area (TPSA) is 60.8 Å². The minimum absolute atomic E-state index is 0.0956. The van der Waals surface area contributed by atoms with E-state index >= 15 is 0 Å². The van der Waals surface area contributed by atoms with Crippen molar-refractivity contribution >= 4 is 0 Å². The molecule has 148 valence electrons. The molecule has 0 unspecified atom stereocenters. The number of aryl methyl sites for hydroxylation is 2. The van der Waals surface area contributed by atoms with Crippen molar-refractivity contribution in [2.75, 3.05) is 0 Å². The summed E-state index contributed by atoms with van der Waals surface area (Å²) in [6.07, 6.45) is 0.